The molecule has 0 atom stereocenters. The number of aliphatic imine (C=N–C) groups is 1. The van der Waals surface area contributed by atoms with E-state index in [-0.39, 0.29) is 11.7 Å². The summed E-state index contributed by atoms with van der Waals surface area (Å²) in [5.41, 5.74) is 4.88. The maximum atomic E-state index is 13.2. The molecule has 150 valence electrons. The van der Waals surface area contributed by atoms with E-state index in [1.807, 2.05) is 60.7 Å². The number of hydrogen-bond donors (Lipinski definition) is 1. The summed E-state index contributed by atoms with van der Waals surface area (Å²) in [5, 5.41) is 9.63. The van der Waals surface area contributed by atoms with Crippen LogP contribution in [0.15, 0.2) is 96.1 Å². The Hall–Kier alpha value is -4.12. The first-order valence-corrected chi connectivity index (χ1v) is 10.1. The van der Waals surface area contributed by atoms with E-state index < -0.39 is 0 Å². The predicted octanol–water partition coefficient (Wildman–Crippen LogP) is 4.30. The van der Waals surface area contributed by atoms with Crippen molar-refractivity contribution >= 4 is 17.4 Å². The van der Waals surface area contributed by atoms with Crippen LogP contribution in [-0.4, -0.2) is 21.7 Å². The summed E-state index contributed by atoms with van der Waals surface area (Å²) in [6, 6.07) is 26.7. The van der Waals surface area contributed by atoms with Gasteiger partial charge in [0.2, 0.25) is 5.71 Å². The lowest BCUT2D eigenvalue weighted by molar-refractivity contribution is -0.551. The molecule has 0 saturated heterocycles. The number of nitrogens with zero attached hydrogens (tertiary/aromatic N) is 3. The molecule has 5 heteroatoms. The van der Waals surface area contributed by atoms with E-state index in [1.165, 1.54) is 0 Å². The number of hydrogen-bond acceptors (Lipinski definition) is 4. The third kappa shape index (κ3) is 3.85. The average Bonchev–Trinajstić information content (AvgIpc) is 3.11. The number of fused-ring (bicyclic) bond motifs is 1. The Morgan fingerprint density at radius 2 is 1.39 bits per heavy atom. The van der Waals surface area contributed by atoms with Crippen LogP contribution in [-0.2, 0) is 12.8 Å². The summed E-state index contributed by atoms with van der Waals surface area (Å²) >= 11 is 0. The molecule has 1 aromatic heterocycles. The van der Waals surface area contributed by atoms with Crippen molar-refractivity contribution in [3.63, 3.8) is 0 Å². The number of rotatable bonds is 5. The second-order valence-corrected chi connectivity index (χ2v) is 7.50. The van der Waals surface area contributed by atoms with Gasteiger partial charge in [0.05, 0.1) is 0 Å². The number of phenolic OH excluding ortho intramolecular Hbond substituents is 1. The van der Waals surface area contributed by atoms with Crippen LogP contribution in [0.1, 0.15) is 21.6 Å². The number of aromatic nitrogens is 2. The van der Waals surface area contributed by atoms with E-state index in [4.69, 9.17) is 9.98 Å². The molecule has 1 aliphatic heterocycles. The van der Waals surface area contributed by atoms with Gasteiger partial charge in [0.25, 0.3) is 0 Å². The Kier molecular flexibility index (Phi) is 4.84. The lowest BCUT2D eigenvalue weighted by atomic mass is 10.1. The molecular weight excluding hydrogens is 386 g/mol. The zero-order valence-corrected chi connectivity index (χ0v) is 16.8. The van der Waals surface area contributed by atoms with Crippen molar-refractivity contribution in [2.24, 2.45) is 4.99 Å². The minimum absolute atomic E-state index is 0.129. The van der Waals surface area contributed by atoms with E-state index in [1.54, 1.807) is 35.0 Å². The second kappa shape index (κ2) is 7.95. The normalized spacial score (nSPS) is 12.5. The van der Waals surface area contributed by atoms with Crippen LogP contribution in [0.2, 0.25) is 0 Å². The fraction of sp³-hybridized carbons (Fsp3) is 0.0769. The number of carbonyl (C=O) groups is 1. The highest BCUT2D eigenvalue weighted by Gasteiger charge is 2.37. The summed E-state index contributed by atoms with van der Waals surface area (Å²) in [5.74, 6) is 0.643. The molecule has 31 heavy (non-hydrogen) atoms. The smallest absolute Gasteiger partial charge is 0.386 e. The van der Waals surface area contributed by atoms with Crippen LogP contribution in [0.5, 0.6) is 5.75 Å². The van der Waals surface area contributed by atoms with Crippen molar-refractivity contribution < 1.29 is 14.5 Å². The van der Waals surface area contributed by atoms with Gasteiger partial charge in [-0.2, -0.15) is 4.57 Å². The van der Waals surface area contributed by atoms with Gasteiger partial charge in [-0.1, -0.05) is 60.7 Å². The molecule has 4 aromatic rings. The van der Waals surface area contributed by atoms with Crippen molar-refractivity contribution in [2.75, 3.05) is 0 Å². The molecule has 3 aromatic carbocycles. The van der Waals surface area contributed by atoms with Gasteiger partial charge < -0.3 is 5.11 Å². The van der Waals surface area contributed by atoms with Gasteiger partial charge in [0.1, 0.15) is 23.3 Å². The summed E-state index contributed by atoms with van der Waals surface area (Å²) in [4.78, 5) is 22.8. The molecule has 0 unspecified atom stereocenters. The number of carbonyl (C=O) groups excluding carboxylic acids is 1. The van der Waals surface area contributed by atoms with E-state index in [2.05, 4.69) is 0 Å². The molecule has 0 saturated carbocycles. The van der Waals surface area contributed by atoms with Crippen molar-refractivity contribution in [1.29, 1.82) is 0 Å². The molecule has 0 spiro atoms. The van der Waals surface area contributed by atoms with Crippen LogP contribution in [0.3, 0.4) is 0 Å². The highest BCUT2D eigenvalue weighted by Crippen LogP contribution is 2.26. The summed E-state index contributed by atoms with van der Waals surface area (Å²) in [6.45, 7) is 0. The molecule has 0 fully saturated rings. The van der Waals surface area contributed by atoms with E-state index in [0.29, 0.717) is 30.1 Å². The van der Waals surface area contributed by atoms with Crippen LogP contribution in [0, 0.1) is 0 Å². The molecule has 1 aliphatic rings. The number of benzene rings is 3. The maximum Gasteiger partial charge on any atom is 0.386 e. The van der Waals surface area contributed by atoms with Gasteiger partial charge in [-0.15, -0.1) is 0 Å². The molecule has 5 nitrogen and oxygen atoms in total. The first kappa shape index (κ1) is 18.9. The molecule has 5 rings (SSSR count). The Morgan fingerprint density at radius 3 is 2.03 bits per heavy atom. The summed E-state index contributed by atoms with van der Waals surface area (Å²) < 4.78 is 1.60. The largest absolute Gasteiger partial charge is 0.508 e. The molecule has 0 radical (unpaired) electrons. The van der Waals surface area contributed by atoms with E-state index in [9.17, 15) is 9.90 Å². The Balaban J connectivity index is 1.59. The van der Waals surface area contributed by atoms with Gasteiger partial charge in [0, 0.05) is 18.4 Å². The fourth-order valence-corrected chi connectivity index (χ4v) is 3.72. The lowest BCUT2D eigenvalue weighted by Gasteiger charge is -2.06. The quantitative estimate of drug-likeness (QED) is 0.503. The number of aromatic hydroxyl groups is 1. The van der Waals surface area contributed by atoms with Crippen LogP contribution >= 0.6 is 0 Å². The minimum atomic E-state index is -0.129. The Morgan fingerprint density at radius 1 is 0.774 bits per heavy atom. The lowest BCUT2D eigenvalue weighted by Crippen LogP contribution is -2.44. The summed E-state index contributed by atoms with van der Waals surface area (Å²) in [7, 11) is 0. The van der Waals surface area contributed by atoms with E-state index >= 15 is 0 Å². The SMILES string of the molecule is O=C1C(Cc2ccccc2)=Nc2c(Cc3ccccc3)nc(-c3ccc(O)cc3)c[n+]21. The van der Waals surface area contributed by atoms with Gasteiger partial charge >= 0.3 is 11.7 Å². The molecule has 2 heterocycles. The van der Waals surface area contributed by atoms with Gasteiger partial charge in [-0.05, 0) is 40.4 Å². The van der Waals surface area contributed by atoms with Crippen molar-refractivity contribution in [3.05, 3.63) is 108 Å². The molecule has 0 amide bonds. The van der Waals surface area contributed by atoms with Crippen molar-refractivity contribution in [1.82, 2.24) is 4.98 Å². The predicted molar refractivity (Wildman–Crippen MR) is 119 cm³/mol. The third-order valence-electron chi connectivity index (χ3n) is 5.29. The molecular formula is C26H20N3O2+. The fourth-order valence-electron chi connectivity index (χ4n) is 3.72. The zero-order chi connectivity index (χ0) is 21.2. The second-order valence-electron chi connectivity index (χ2n) is 7.50. The van der Waals surface area contributed by atoms with E-state index in [0.717, 1.165) is 22.4 Å². The molecule has 0 aliphatic carbocycles. The molecule has 1 N–H and O–H groups in total. The highest BCUT2D eigenvalue weighted by atomic mass is 16.3. The highest BCUT2D eigenvalue weighted by molar-refractivity contribution is 6.37. The summed E-state index contributed by atoms with van der Waals surface area (Å²) in [6.07, 6.45) is 2.78. The molecule has 0 bridgehead atoms. The van der Waals surface area contributed by atoms with Crippen LogP contribution in [0.25, 0.3) is 11.3 Å². The Bertz CT molecular complexity index is 1280. The van der Waals surface area contributed by atoms with Crippen molar-refractivity contribution in [3.8, 4) is 17.0 Å². The first-order valence-electron chi connectivity index (χ1n) is 10.1. The average molecular weight is 406 g/mol. The monoisotopic (exact) mass is 406 g/mol. The van der Waals surface area contributed by atoms with Crippen molar-refractivity contribution in [2.45, 2.75) is 12.8 Å². The maximum absolute atomic E-state index is 13.2. The third-order valence-corrected chi connectivity index (χ3v) is 5.29. The van der Waals surface area contributed by atoms with Gasteiger partial charge in [-0.25, -0.2) is 9.78 Å². The van der Waals surface area contributed by atoms with Gasteiger partial charge in [-0.3, -0.25) is 0 Å². The first-order chi connectivity index (χ1) is 15.2. The number of phenols is 1. The van der Waals surface area contributed by atoms with Crippen LogP contribution in [0.4, 0.5) is 5.82 Å². The minimum Gasteiger partial charge on any atom is -0.508 e. The van der Waals surface area contributed by atoms with Gasteiger partial charge in [0.15, 0.2) is 0 Å². The van der Waals surface area contributed by atoms with Crippen LogP contribution < -0.4 is 4.57 Å². The Labute approximate surface area is 180 Å². The topological polar surface area (TPSA) is 66.4 Å². The standard InChI is InChI=1S/C26H19N3O2/c30-21-13-11-20(12-14-21)24-17-29-25(22(27-24)15-18-7-3-1-4-8-18)28-23(26(29)31)16-19-9-5-2-6-10-19/h1-14,17H,15-16H2/p+1. The zero-order valence-electron chi connectivity index (χ0n) is 16.8.